The molecule has 136 valence electrons. The van der Waals surface area contributed by atoms with Crippen LogP contribution in [0.4, 0.5) is 0 Å². The number of amides is 2. The molecule has 2 heterocycles. The number of benzene rings is 1. The summed E-state index contributed by atoms with van der Waals surface area (Å²) in [6.07, 6.45) is 0.279. The van der Waals surface area contributed by atoms with Crippen LogP contribution in [0.5, 0.6) is 11.5 Å². The highest BCUT2D eigenvalue weighted by Crippen LogP contribution is 2.31. The molecule has 0 saturated carbocycles. The number of methoxy groups -OCH3 is 1. The minimum absolute atomic E-state index is 0.0314. The average Bonchev–Trinajstić information content (AvgIpc) is 2.92. The largest absolute Gasteiger partial charge is 0.493 e. The van der Waals surface area contributed by atoms with Crippen molar-refractivity contribution in [3.63, 3.8) is 0 Å². The fourth-order valence-electron chi connectivity index (χ4n) is 3.37. The maximum atomic E-state index is 12.6. The fourth-order valence-corrected chi connectivity index (χ4v) is 3.37. The average molecular weight is 346 g/mol. The molecule has 1 atom stereocenters. The predicted molar refractivity (Wildman–Crippen MR) is 93.6 cm³/mol. The molecule has 0 bridgehead atoms. The first-order chi connectivity index (χ1) is 11.8. The lowest BCUT2D eigenvalue weighted by atomic mass is 10.0. The van der Waals surface area contributed by atoms with Crippen LogP contribution in [0.3, 0.4) is 0 Å². The number of hydrogen-bond donors (Lipinski definition) is 0. The Morgan fingerprint density at radius 2 is 1.76 bits per heavy atom. The maximum absolute atomic E-state index is 12.6. The number of nitrogens with zero attached hydrogens (tertiary/aromatic N) is 2. The lowest BCUT2D eigenvalue weighted by molar-refractivity contribution is -0.144. The molecule has 0 unspecified atom stereocenters. The lowest BCUT2D eigenvalue weighted by Gasteiger charge is -2.40. The minimum atomic E-state index is -0.240. The van der Waals surface area contributed by atoms with Gasteiger partial charge in [0.05, 0.1) is 26.1 Å². The van der Waals surface area contributed by atoms with Crippen molar-refractivity contribution in [3.8, 4) is 11.5 Å². The van der Waals surface area contributed by atoms with Gasteiger partial charge in [-0.1, -0.05) is 12.1 Å². The maximum Gasteiger partial charge on any atom is 0.228 e. The third-order valence-corrected chi connectivity index (χ3v) is 4.81. The number of hydrogen-bond acceptors (Lipinski definition) is 4. The number of carbonyl (C=O) groups excluding carboxylic acids is 2. The minimum Gasteiger partial charge on any atom is -0.493 e. The van der Waals surface area contributed by atoms with Crippen molar-refractivity contribution in [2.75, 3.05) is 26.7 Å². The van der Waals surface area contributed by atoms with Crippen LogP contribution in [-0.2, 0) is 9.59 Å². The van der Waals surface area contributed by atoms with Crippen LogP contribution in [0.1, 0.15) is 27.2 Å². The summed E-state index contributed by atoms with van der Waals surface area (Å²) in [6, 6.07) is 7.49. The molecular weight excluding hydrogens is 320 g/mol. The topological polar surface area (TPSA) is 59.1 Å². The smallest absolute Gasteiger partial charge is 0.228 e. The van der Waals surface area contributed by atoms with E-state index in [-0.39, 0.29) is 29.4 Å². The molecular formula is C19H26N2O4. The normalized spacial score (nSPS) is 21.3. The lowest BCUT2D eigenvalue weighted by Crippen LogP contribution is -2.58. The third-order valence-electron chi connectivity index (χ3n) is 4.81. The molecule has 1 aromatic carbocycles. The Balaban J connectivity index is 1.53. The van der Waals surface area contributed by atoms with Crippen molar-refractivity contribution < 1.29 is 19.1 Å². The summed E-state index contributed by atoms with van der Waals surface area (Å²) in [6.45, 7) is 7.61. The number of para-hydroxylation sites is 2. The molecule has 0 radical (unpaired) electrons. The van der Waals surface area contributed by atoms with E-state index in [9.17, 15) is 9.59 Å². The van der Waals surface area contributed by atoms with E-state index in [1.807, 2.05) is 45.0 Å². The van der Waals surface area contributed by atoms with Crippen molar-refractivity contribution in [2.24, 2.45) is 5.92 Å². The fraction of sp³-hybridized carbons (Fsp3) is 0.579. The summed E-state index contributed by atoms with van der Waals surface area (Å²) in [5.41, 5.74) is -0.240. The van der Waals surface area contributed by atoms with Gasteiger partial charge in [0.15, 0.2) is 11.5 Å². The van der Waals surface area contributed by atoms with E-state index in [1.54, 1.807) is 16.9 Å². The monoisotopic (exact) mass is 346 g/mol. The van der Waals surface area contributed by atoms with Gasteiger partial charge in [-0.05, 0) is 32.9 Å². The standard InChI is InChI=1S/C19H26N2O4/c1-19(2,3)21-10-13(9-17(21)22)18(23)20-11-14(12-20)25-16-8-6-5-7-15(16)24-4/h5-8,13-14H,9-12H2,1-4H3/t13-/m0/s1. The molecule has 2 aliphatic rings. The second-order valence-corrected chi connectivity index (χ2v) is 7.71. The Labute approximate surface area is 148 Å². The van der Waals surface area contributed by atoms with Crippen LogP contribution >= 0.6 is 0 Å². The quantitative estimate of drug-likeness (QED) is 0.836. The molecule has 0 aliphatic carbocycles. The molecule has 2 aliphatic heterocycles. The number of ether oxygens (including phenoxy) is 2. The number of likely N-dealkylation sites (tertiary alicyclic amines) is 2. The molecule has 2 fully saturated rings. The van der Waals surface area contributed by atoms with Crippen LogP contribution in [0.15, 0.2) is 24.3 Å². The summed E-state index contributed by atoms with van der Waals surface area (Å²) >= 11 is 0. The van der Waals surface area contributed by atoms with E-state index in [4.69, 9.17) is 9.47 Å². The SMILES string of the molecule is COc1ccccc1OC1CN(C(=O)[C@H]2CC(=O)N(C(C)(C)C)C2)C1. The van der Waals surface area contributed by atoms with Crippen LogP contribution < -0.4 is 9.47 Å². The van der Waals surface area contributed by atoms with Crippen molar-refractivity contribution >= 4 is 11.8 Å². The highest BCUT2D eigenvalue weighted by molar-refractivity contribution is 5.90. The van der Waals surface area contributed by atoms with Gasteiger partial charge in [0.1, 0.15) is 6.10 Å². The first-order valence-corrected chi connectivity index (χ1v) is 8.68. The van der Waals surface area contributed by atoms with Crippen LogP contribution in [-0.4, -0.2) is 60.0 Å². The number of carbonyl (C=O) groups is 2. The zero-order chi connectivity index (χ0) is 18.2. The van der Waals surface area contributed by atoms with Gasteiger partial charge in [-0.25, -0.2) is 0 Å². The van der Waals surface area contributed by atoms with Gasteiger partial charge in [0.25, 0.3) is 0 Å². The molecule has 3 rings (SSSR count). The van der Waals surface area contributed by atoms with E-state index < -0.39 is 0 Å². The zero-order valence-corrected chi connectivity index (χ0v) is 15.3. The van der Waals surface area contributed by atoms with E-state index >= 15 is 0 Å². The Hall–Kier alpha value is -2.24. The van der Waals surface area contributed by atoms with Crippen LogP contribution in [0.2, 0.25) is 0 Å². The molecule has 0 spiro atoms. The molecule has 2 saturated heterocycles. The van der Waals surface area contributed by atoms with Gasteiger partial charge in [-0.3, -0.25) is 9.59 Å². The van der Waals surface area contributed by atoms with Gasteiger partial charge in [0.2, 0.25) is 11.8 Å². The van der Waals surface area contributed by atoms with E-state index in [0.717, 1.165) is 0 Å². The van der Waals surface area contributed by atoms with E-state index in [1.165, 1.54) is 0 Å². The van der Waals surface area contributed by atoms with E-state index in [0.29, 0.717) is 37.6 Å². The molecule has 25 heavy (non-hydrogen) atoms. The summed E-state index contributed by atoms with van der Waals surface area (Å²) in [5, 5.41) is 0. The van der Waals surface area contributed by atoms with Gasteiger partial charge in [-0.15, -0.1) is 0 Å². The summed E-state index contributed by atoms with van der Waals surface area (Å²) in [7, 11) is 1.61. The Bertz CT molecular complexity index is 662. The van der Waals surface area contributed by atoms with Crippen molar-refractivity contribution in [1.82, 2.24) is 9.80 Å². The molecule has 6 nitrogen and oxygen atoms in total. The second kappa shape index (κ2) is 6.58. The molecule has 2 amide bonds. The summed E-state index contributed by atoms with van der Waals surface area (Å²) in [4.78, 5) is 28.4. The highest BCUT2D eigenvalue weighted by Gasteiger charge is 2.43. The molecule has 0 aromatic heterocycles. The summed E-state index contributed by atoms with van der Waals surface area (Å²) < 4.78 is 11.2. The Kier molecular flexibility index (Phi) is 4.62. The van der Waals surface area contributed by atoms with Crippen molar-refractivity contribution in [1.29, 1.82) is 0 Å². The Morgan fingerprint density at radius 3 is 2.32 bits per heavy atom. The van der Waals surface area contributed by atoms with Crippen molar-refractivity contribution in [2.45, 2.75) is 38.8 Å². The van der Waals surface area contributed by atoms with Crippen LogP contribution in [0.25, 0.3) is 0 Å². The first kappa shape index (κ1) is 17.6. The van der Waals surface area contributed by atoms with Crippen LogP contribution in [0, 0.1) is 5.92 Å². The second-order valence-electron chi connectivity index (χ2n) is 7.71. The number of rotatable bonds is 4. The predicted octanol–water partition coefficient (Wildman–Crippen LogP) is 1.93. The molecule has 1 aromatic rings. The van der Waals surface area contributed by atoms with E-state index in [2.05, 4.69) is 0 Å². The van der Waals surface area contributed by atoms with Gasteiger partial charge in [-0.2, -0.15) is 0 Å². The highest BCUT2D eigenvalue weighted by atomic mass is 16.5. The molecule has 6 heteroatoms. The molecule has 0 N–H and O–H groups in total. The van der Waals surface area contributed by atoms with Gasteiger partial charge >= 0.3 is 0 Å². The van der Waals surface area contributed by atoms with Gasteiger partial charge < -0.3 is 19.3 Å². The third kappa shape index (κ3) is 3.57. The summed E-state index contributed by atoms with van der Waals surface area (Å²) in [5.74, 6) is 1.26. The van der Waals surface area contributed by atoms with Gasteiger partial charge in [0, 0.05) is 18.5 Å². The Morgan fingerprint density at radius 1 is 1.12 bits per heavy atom. The first-order valence-electron chi connectivity index (χ1n) is 8.68. The zero-order valence-electron chi connectivity index (χ0n) is 15.3. The van der Waals surface area contributed by atoms with Crippen molar-refractivity contribution in [3.05, 3.63) is 24.3 Å².